The first-order valence-corrected chi connectivity index (χ1v) is 3.06. The summed E-state index contributed by atoms with van der Waals surface area (Å²) in [4.78, 5) is 7.78. The Morgan fingerprint density at radius 3 is 3.00 bits per heavy atom. The molecule has 1 heterocycles. The van der Waals surface area contributed by atoms with E-state index in [4.69, 9.17) is 6.42 Å². The fourth-order valence-electron chi connectivity index (χ4n) is 0.642. The molecule has 0 aromatic carbocycles. The summed E-state index contributed by atoms with van der Waals surface area (Å²) in [5.74, 6) is 2.68. The lowest BCUT2D eigenvalue weighted by atomic mass is 10.1. The van der Waals surface area contributed by atoms with Crippen molar-refractivity contribution in [3.8, 4) is 12.3 Å². The maximum Gasteiger partial charge on any atom is 0.115 e. The van der Waals surface area contributed by atoms with Gasteiger partial charge in [0, 0.05) is 6.20 Å². The summed E-state index contributed by atoms with van der Waals surface area (Å²) < 4.78 is 0. The second kappa shape index (κ2) is 2.98. The minimum absolute atomic E-state index is 0.0861. The minimum atomic E-state index is 0.0861. The fraction of sp³-hybridized carbons (Fsp3) is 0.250. The molecule has 1 aromatic rings. The van der Waals surface area contributed by atoms with Crippen molar-refractivity contribution < 1.29 is 0 Å². The molecular weight excluding hydrogens is 124 g/mol. The maximum absolute atomic E-state index is 5.19. The standard InChI is InChI=1S/C8H8N2/c1-3-7(2)8-4-5-9-6-10-8/h1,4-7H,2H3. The third-order valence-electron chi connectivity index (χ3n) is 1.30. The maximum atomic E-state index is 5.19. The molecule has 1 unspecified atom stereocenters. The Labute approximate surface area is 60.3 Å². The third-order valence-corrected chi connectivity index (χ3v) is 1.30. The van der Waals surface area contributed by atoms with Crippen molar-refractivity contribution in [2.24, 2.45) is 0 Å². The second-order valence-electron chi connectivity index (χ2n) is 2.02. The Morgan fingerprint density at radius 1 is 1.70 bits per heavy atom. The van der Waals surface area contributed by atoms with Gasteiger partial charge in [0.25, 0.3) is 0 Å². The summed E-state index contributed by atoms with van der Waals surface area (Å²) in [6.07, 6.45) is 8.39. The third kappa shape index (κ3) is 1.32. The van der Waals surface area contributed by atoms with Crippen LogP contribution in [0, 0.1) is 12.3 Å². The van der Waals surface area contributed by atoms with Crippen LogP contribution in [0.25, 0.3) is 0 Å². The number of terminal acetylenes is 1. The number of rotatable bonds is 1. The average Bonchev–Trinajstić information content (AvgIpc) is 2.05. The van der Waals surface area contributed by atoms with Gasteiger partial charge in [-0.2, -0.15) is 0 Å². The van der Waals surface area contributed by atoms with E-state index in [9.17, 15) is 0 Å². The highest BCUT2D eigenvalue weighted by molar-refractivity contribution is 5.15. The molecule has 0 saturated heterocycles. The highest BCUT2D eigenvalue weighted by atomic mass is 14.8. The number of nitrogens with zero attached hydrogens (tertiary/aromatic N) is 2. The van der Waals surface area contributed by atoms with Gasteiger partial charge in [0.1, 0.15) is 6.33 Å². The van der Waals surface area contributed by atoms with Crippen molar-refractivity contribution in [3.05, 3.63) is 24.3 Å². The van der Waals surface area contributed by atoms with E-state index in [0.29, 0.717) is 0 Å². The monoisotopic (exact) mass is 132 g/mol. The first-order valence-electron chi connectivity index (χ1n) is 3.06. The SMILES string of the molecule is C#CC(C)c1ccncn1. The van der Waals surface area contributed by atoms with E-state index in [-0.39, 0.29) is 5.92 Å². The van der Waals surface area contributed by atoms with Crippen LogP contribution in [0.1, 0.15) is 18.5 Å². The van der Waals surface area contributed by atoms with E-state index in [1.54, 1.807) is 6.20 Å². The van der Waals surface area contributed by atoms with Crippen LogP contribution in [0.4, 0.5) is 0 Å². The van der Waals surface area contributed by atoms with Crippen molar-refractivity contribution in [2.75, 3.05) is 0 Å². The lowest BCUT2D eigenvalue weighted by Gasteiger charge is -1.99. The first-order chi connectivity index (χ1) is 4.84. The summed E-state index contributed by atoms with van der Waals surface area (Å²) in [7, 11) is 0. The summed E-state index contributed by atoms with van der Waals surface area (Å²) in [5, 5.41) is 0. The first kappa shape index (κ1) is 6.76. The highest BCUT2D eigenvalue weighted by Crippen LogP contribution is 2.07. The second-order valence-corrected chi connectivity index (χ2v) is 2.02. The van der Waals surface area contributed by atoms with E-state index in [2.05, 4.69) is 15.9 Å². The van der Waals surface area contributed by atoms with Crippen molar-refractivity contribution in [2.45, 2.75) is 12.8 Å². The molecular formula is C8H8N2. The van der Waals surface area contributed by atoms with E-state index < -0.39 is 0 Å². The van der Waals surface area contributed by atoms with Gasteiger partial charge in [-0.15, -0.1) is 6.42 Å². The Morgan fingerprint density at radius 2 is 2.50 bits per heavy atom. The van der Waals surface area contributed by atoms with Crippen LogP contribution in [0.5, 0.6) is 0 Å². The molecule has 1 aromatic heterocycles. The van der Waals surface area contributed by atoms with Gasteiger partial charge in [0.05, 0.1) is 11.6 Å². The molecule has 2 nitrogen and oxygen atoms in total. The minimum Gasteiger partial charge on any atom is -0.245 e. The Hall–Kier alpha value is -1.36. The molecule has 0 amide bonds. The van der Waals surface area contributed by atoms with Crippen molar-refractivity contribution in [1.29, 1.82) is 0 Å². The molecule has 0 aliphatic carbocycles. The van der Waals surface area contributed by atoms with Crippen molar-refractivity contribution in [1.82, 2.24) is 9.97 Å². The number of hydrogen-bond acceptors (Lipinski definition) is 2. The summed E-state index contributed by atoms with van der Waals surface area (Å²) >= 11 is 0. The Balaban J connectivity index is 2.88. The van der Waals surface area contributed by atoms with E-state index >= 15 is 0 Å². The molecule has 0 bridgehead atoms. The van der Waals surface area contributed by atoms with Crippen molar-refractivity contribution >= 4 is 0 Å². The highest BCUT2D eigenvalue weighted by Gasteiger charge is 1.99. The molecule has 0 radical (unpaired) electrons. The molecule has 0 spiro atoms. The molecule has 2 heteroatoms. The van der Waals surface area contributed by atoms with Crippen LogP contribution in [0.2, 0.25) is 0 Å². The molecule has 1 rings (SSSR count). The van der Waals surface area contributed by atoms with Crippen LogP contribution < -0.4 is 0 Å². The molecule has 0 aliphatic heterocycles. The summed E-state index contributed by atoms with van der Waals surface area (Å²) in [6, 6.07) is 1.82. The molecule has 0 fully saturated rings. The van der Waals surface area contributed by atoms with Crippen molar-refractivity contribution in [3.63, 3.8) is 0 Å². The topological polar surface area (TPSA) is 25.8 Å². The predicted octanol–water partition coefficient (Wildman–Crippen LogP) is 1.21. The van der Waals surface area contributed by atoms with Gasteiger partial charge < -0.3 is 0 Å². The largest absolute Gasteiger partial charge is 0.245 e. The van der Waals surface area contributed by atoms with Gasteiger partial charge in [-0.1, -0.05) is 5.92 Å². The Kier molecular flexibility index (Phi) is 2.01. The number of aromatic nitrogens is 2. The number of hydrogen-bond donors (Lipinski definition) is 0. The summed E-state index contributed by atoms with van der Waals surface area (Å²) in [5.41, 5.74) is 0.900. The van der Waals surface area contributed by atoms with E-state index in [0.717, 1.165) is 5.69 Å². The van der Waals surface area contributed by atoms with Crippen LogP contribution in [-0.2, 0) is 0 Å². The molecule has 1 atom stereocenters. The fourth-order valence-corrected chi connectivity index (χ4v) is 0.642. The van der Waals surface area contributed by atoms with Crippen LogP contribution >= 0.6 is 0 Å². The molecule has 0 aliphatic rings. The molecule has 0 N–H and O–H groups in total. The Bertz CT molecular complexity index is 235. The van der Waals surface area contributed by atoms with Gasteiger partial charge in [-0.25, -0.2) is 9.97 Å². The zero-order chi connectivity index (χ0) is 7.40. The molecule has 0 saturated carbocycles. The normalized spacial score (nSPS) is 12.0. The van der Waals surface area contributed by atoms with Gasteiger partial charge >= 0.3 is 0 Å². The molecule has 50 valence electrons. The van der Waals surface area contributed by atoms with Crippen LogP contribution in [0.3, 0.4) is 0 Å². The smallest absolute Gasteiger partial charge is 0.115 e. The van der Waals surface area contributed by atoms with Gasteiger partial charge in [-0.05, 0) is 13.0 Å². The van der Waals surface area contributed by atoms with Gasteiger partial charge in [0.15, 0.2) is 0 Å². The zero-order valence-electron chi connectivity index (χ0n) is 5.78. The molecule has 10 heavy (non-hydrogen) atoms. The lowest BCUT2D eigenvalue weighted by Crippen LogP contribution is -1.92. The van der Waals surface area contributed by atoms with E-state index in [1.807, 2.05) is 13.0 Å². The quantitative estimate of drug-likeness (QED) is 0.537. The van der Waals surface area contributed by atoms with Gasteiger partial charge in [0.2, 0.25) is 0 Å². The van der Waals surface area contributed by atoms with Crippen LogP contribution in [0.15, 0.2) is 18.6 Å². The summed E-state index contributed by atoms with van der Waals surface area (Å²) in [6.45, 7) is 1.93. The van der Waals surface area contributed by atoms with E-state index in [1.165, 1.54) is 6.33 Å². The zero-order valence-corrected chi connectivity index (χ0v) is 5.78. The van der Waals surface area contributed by atoms with Crippen LogP contribution in [-0.4, -0.2) is 9.97 Å². The predicted molar refractivity (Wildman–Crippen MR) is 39.3 cm³/mol. The average molecular weight is 132 g/mol. The lowest BCUT2D eigenvalue weighted by molar-refractivity contribution is 0.917. The van der Waals surface area contributed by atoms with Gasteiger partial charge in [-0.3, -0.25) is 0 Å².